The highest BCUT2D eigenvalue weighted by Crippen LogP contribution is 2.25. The van der Waals surface area contributed by atoms with Gasteiger partial charge in [0.25, 0.3) is 0 Å². The lowest BCUT2D eigenvalue weighted by Crippen LogP contribution is -2.54. The zero-order valence-electron chi connectivity index (χ0n) is 14.8. The van der Waals surface area contributed by atoms with Gasteiger partial charge < -0.3 is 5.32 Å². The van der Waals surface area contributed by atoms with E-state index in [2.05, 4.69) is 36.0 Å². The van der Waals surface area contributed by atoms with Gasteiger partial charge in [-0.1, -0.05) is 19.4 Å². The number of hydrogen-bond acceptors (Lipinski definition) is 3. The maximum atomic E-state index is 12.1. The number of nitrogens with zero attached hydrogens (tertiary/aromatic N) is 2. The van der Waals surface area contributed by atoms with E-state index in [1.54, 1.807) is 6.20 Å². The van der Waals surface area contributed by atoms with E-state index in [0.29, 0.717) is 19.4 Å². The Hall–Kier alpha value is -1.42. The molecule has 1 atom stereocenters. The fourth-order valence-corrected chi connectivity index (χ4v) is 3.25. The van der Waals surface area contributed by atoms with Gasteiger partial charge in [-0.15, -0.1) is 0 Å². The van der Waals surface area contributed by atoms with Gasteiger partial charge in [-0.05, 0) is 57.7 Å². The third kappa shape index (κ3) is 5.61. The minimum atomic E-state index is 0.0223. The number of aryl methyl sites for hydroxylation is 1. The van der Waals surface area contributed by atoms with E-state index in [1.165, 1.54) is 19.3 Å². The molecular weight excluding hydrogens is 286 g/mol. The summed E-state index contributed by atoms with van der Waals surface area (Å²) in [6.45, 7) is 9.78. The standard InChI is InChI=1S/C19H31N3O/c1-4-16-8-7-13-22(14-16)19(2,3)15-21-18(23)11-10-17-9-5-6-12-20-17/h5-6,9,12,16H,4,7-8,10-11,13-15H2,1-3H3,(H,21,23). The fraction of sp³-hybridized carbons (Fsp3) is 0.684. The molecule has 0 bridgehead atoms. The first-order valence-corrected chi connectivity index (χ1v) is 8.93. The van der Waals surface area contributed by atoms with E-state index in [1.807, 2.05) is 18.2 Å². The van der Waals surface area contributed by atoms with Crippen molar-refractivity contribution in [3.8, 4) is 0 Å². The normalized spacial score (nSPS) is 19.5. The molecule has 0 aromatic carbocycles. The second-order valence-electron chi connectivity index (χ2n) is 7.27. The van der Waals surface area contributed by atoms with Crippen molar-refractivity contribution in [2.75, 3.05) is 19.6 Å². The summed E-state index contributed by atoms with van der Waals surface area (Å²) in [4.78, 5) is 18.9. The minimum Gasteiger partial charge on any atom is -0.354 e. The van der Waals surface area contributed by atoms with Crippen LogP contribution < -0.4 is 5.32 Å². The summed E-state index contributed by atoms with van der Waals surface area (Å²) in [5, 5.41) is 3.11. The number of amides is 1. The van der Waals surface area contributed by atoms with E-state index in [-0.39, 0.29) is 11.4 Å². The van der Waals surface area contributed by atoms with E-state index in [0.717, 1.165) is 24.7 Å². The molecule has 1 amide bonds. The molecule has 1 unspecified atom stereocenters. The summed E-state index contributed by atoms with van der Waals surface area (Å²) in [5.74, 6) is 0.927. The van der Waals surface area contributed by atoms with Gasteiger partial charge in [-0.2, -0.15) is 0 Å². The molecule has 0 saturated carbocycles. The fourth-order valence-electron chi connectivity index (χ4n) is 3.25. The molecular formula is C19H31N3O. The predicted octanol–water partition coefficient (Wildman–Crippen LogP) is 3.03. The van der Waals surface area contributed by atoms with Crippen LogP contribution in [0.15, 0.2) is 24.4 Å². The van der Waals surface area contributed by atoms with Crippen LogP contribution in [0.25, 0.3) is 0 Å². The van der Waals surface area contributed by atoms with E-state index in [9.17, 15) is 4.79 Å². The third-order valence-corrected chi connectivity index (χ3v) is 5.00. The monoisotopic (exact) mass is 317 g/mol. The van der Waals surface area contributed by atoms with Gasteiger partial charge in [0, 0.05) is 36.9 Å². The molecule has 1 aromatic heterocycles. The second-order valence-corrected chi connectivity index (χ2v) is 7.27. The molecule has 1 aromatic rings. The van der Waals surface area contributed by atoms with Crippen molar-refractivity contribution in [2.45, 2.75) is 58.4 Å². The Bertz CT molecular complexity index is 487. The Morgan fingerprint density at radius 1 is 1.43 bits per heavy atom. The molecule has 0 spiro atoms. The Morgan fingerprint density at radius 2 is 2.26 bits per heavy atom. The second kappa shape index (κ2) is 8.44. The van der Waals surface area contributed by atoms with Crippen molar-refractivity contribution < 1.29 is 4.79 Å². The Labute approximate surface area is 140 Å². The molecule has 1 aliphatic heterocycles. The van der Waals surface area contributed by atoms with Gasteiger partial charge in [0.05, 0.1) is 0 Å². The highest BCUT2D eigenvalue weighted by molar-refractivity contribution is 5.76. The van der Waals surface area contributed by atoms with Crippen LogP contribution in [0.1, 0.15) is 52.1 Å². The average molecular weight is 317 g/mol. The van der Waals surface area contributed by atoms with Crippen LogP contribution in [0.4, 0.5) is 0 Å². The number of carbonyl (C=O) groups is 1. The van der Waals surface area contributed by atoms with Gasteiger partial charge in [0.1, 0.15) is 0 Å². The molecule has 1 aliphatic rings. The number of carbonyl (C=O) groups excluding carboxylic acids is 1. The SMILES string of the molecule is CCC1CCCN(C(C)(C)CNC(=O)CCc2ccccn2)C1. The van der Waals surface area contributed by atoms with Crippen LogP contribution in [-0.4, -0.2) is 41.0 Å². The molecule has 2 rings (SSSR count). The van der Waals surface area contributed by atoms with Crippen LogP contribution in [-0.2, 0) is 11.2 Å². The lowest BCUT2D eigenvalue weighted by molar-refractivity contribution is -0.121. The van der Waals surface area contributed by atoms with Crippen molar-refractivity contribution in [1.82, 2.24) is 15.2 Å². The van der Waals surface area contributed by atoms with Crippen molar-refractivity contribution in [2.24, 2.45) is 5.92 Å². The molecule has 23 heavy (non-hydrogen) atoms. The number of likely N-dealkylation sites (tertiary alicyclic amines) is 1. The first kappa shape index (κ1) is 17.9. The van der Waals surface area contributed by atoms with Crippen molar-refractivity contribution in [3.63, 3.8) is 0 Å². The van der Waals surface area contributed by atoms with Gasteiger partial charge >= 0.3 is 0 Å². The van der Waals surface area contributed by atoms with E-state index >= 15 is 0 Å². The van der Waals surface area contributed by atoms with Crippen molar-refractivity contribution in [3.05, 3.63) is 30.1 Å². The Morgan fingerprint density at radius 3 is 2.96 bits per heavy atom. The molecule has 4 heteroatoms. The van der Waals surface area contributed by atoms with Gasteiger partial charge in [-0.25, -0.2) is 0 Å². The third-order valence-electron chi connectivity index (χ3n) is 5.00. The first-order valence-electron chi connectivity index (χ1n) is 8.93. The van der Waals surface area contributed by atoms with Crippen LogP contribution in [0.5, 0.6) is 0 Å². The average Bonchev–Trinajstić information content (AvgIpc) is 2.59. The number of rotatable bonds is 7. The Balaban J connectivity index is 1.75. The lowest BCUT2D eigenvalue weighted by Gasteiger charge is -2.43. The number of nitrogens with one attached hydrogen (secondary N) is 1. The molecule has 1 saturated heterocycles. The smallest absolute Gasteiger partial charge is 0.220 e. The molecule has 1 fully saturated rings. The molecule has 2 heterocycles. The van der Waals surface area contributed by atoms with Crippen LogP contribution in [0.2, 0.25) is 0 Å². The summed E-state index contributed by atoms with van der Waals surface area (Å²) in [7, 11) is 0. The summed E-state index contributed by atoms with van der Waals surface area (Å²) in [6, 6.07) is 5.83. The number of piperidine rings is 1. The minimum absolute atomic E-state index is 0.0223. The topological polar surface area (TPSA) is 45.2 Å². The van der Waals surface area contributed by atoms with Crippen LogP contribution in [0.3, 0.4) is 0 Å². The molecule has 0 radical (unpaired) electrons. The first-order chi connectivity index (χ1) is 11.0. The number of hydrogen-bond donors (Lipinski definition) is 1. The molecule has 128 valence electrons. The van der Waals surface area contributed by atoms with Gasteiger partial charge in [0.15, 0.2) is 0 Å². The highest BCUT2D eigenvalue weighted by atomic mass is 16.1. The van der Waals surface area contributed by atoms with E-state index < -0.39 is 0 Å². The summed E-state index contributed by atoms with van der Waals surface area (Å²) in [6.07, 6.45) is 6.86. The predicted molar refractivity (Wildman–Crippen MR) is 94.2 cm³/mol. The van der Waals surface area contributed by atoms with E-state index in [4.69, 9.17) is 0 Å². The molecule has 0 aliphatic carbocycles. The summed E-state index contributed by atoms with van der Waals surface area (Å²) >= 11 is 0. The lowest BCUT2D eigenvalue weighted by atomic mass is 9.91. The summed E-state index contributed by atoms with van der Waals surface area (Å²) < 4.78 is 0. The van der Waals surface area contributed by atoms with Crippen molar-refractivity contribution >= 4 is 5.91 Å². The zero-order valence-corrected chi connectivity index (χ0v) is 14.8. The van der Waals surface area contributed by atoms with Crippen LogP contribution in [0, 0.1) is 5.92 Å². The highest BCUT2D eigenvalue weighted by Gasteiger charge is 2.31. The summed E-state index contributed by atoms with van der Waals surface area (Å²) in [5.41, 5.74) is 0.998. The van der Waals surface area contributed by atoms with Crippen molar-refractivity contribution in [1.29, 1.82) is 0 Å². The number of aromatic nitrogens is 1. The number of pyridine rings is 1. The quantitative estimate of drug-likeness (QED) is 0.841. The molecule has 4 nitrogen and oxygen atoms in total. The van der Waals surface area contributed by atoms with Crippen LogP contribution >= 0.6 is 0 Å². The Kier molecular flexibility index (Phi) is 6.58. The maximum absolute atomic E-state index is 12.1. The maximum Gasteiger partial charge on any atom is 0.220 e. The van der Waals surface area contributed by atoms with Gasteiger partial charge in [0.2, 0.25) is 5.91 Å². The molecule has 1 N–H and O–H groups in total. The zero-order chi connectivity index (χ0) is 16.7. The largest absolute Gasteiger partial charge is 0.354 e. The van der Waals surface area contributed by atoms with Gasteiger partial charge in [-0.3, -0.25) is 14.7 Å².